The van der Waals surface area contributed by atoms with E-state index in [4.69, 9.17) is 5.73 Å². The third-order valence-electron chi connectivity index (χ3n) is 4.94. The van der Waals surface area contributed by atoms with Crippen LogP contribution in [0.15, 0.2) is 24.3 Å². The van der Waals surface area contributed by atoms with E-state index in [0.29, 0.717) is 12.5 Å². The number of nitrogens with zero attached hydrogens (tertiary/aromatic N) is 1. The predicted molar refractivity (Wildman–Crippen MR) is 80.2 cm³/mol. The van der Waals surface area contributed by atoms with Crippen LogP contribution in [0.1, 0.15) is 37.7 Å². The molecule has 0 bridgehead atoms. The van der Waals surface area contributed by atoms with E-state index in [0.717, 1.165) is 31.4 Å². The molecule has 21 heavy (non-hydrogen) atoms. The minimum absolute atomic E-state index is 0.0675. The van der Waals surface area contributed by atoms with Gasteiger partial charge in [0.05, 0.1) is 0 Å². The van der Waals surface area contributed by atoms with Crippen LogP contribution < -0.4 is 5.73 Å². The molecule has 1 saturated carbocycles. The van der Waals surface area contributed by atoms with Crippen LogP contribution in [0.2, 0.25) is 0 Å². The van der Waals surface area contributed by atoms with Gasteiger partial charge in [-0.3, -0.25) is 4.79 Å². The second-order valence-corrected chi connectivity index (χ2v) is 6.55. The van der Waals surface area contributed by atoms with E-state index < -0.39 is 0 Å². The lowest BCUT2D eigenvalue weighted by Crippen LogP contribution is -2.49. The quantitative estimate of drug-likeness (QED) is 0.929. The van der Waals surface area contributed by atoms with E-state index in [2.05, 4.69) is 6.92 Å². The zero-order valence-corrected chi connectivity index (χ0v) is 12.5. The summed E-state index contributed by atoms with van der Waals surface area (Å²) in [5, 5.41) is 0. The molecule has 3 nitrogen and oxygen atoms in total. The van der Waals surface area contributed by atoms with Crippen molar-refractivity contribution >= 4 is 5.91 Å². The summed E-state index contributed by atoms with van der Waals surface area (Å²) in [6, 6.07) is 6.73. The average molecular weight is 290 g/mol. The maximum Gasteiger partial charge on any atom is 0.226 e. The monoisotopic (exact) mass is 290 g/mol. The SMILES string of the molecule is CC1CCN(C(=O)C2CC2c2ccc(F)cc2)C(CN)C1. The smallest absolute Gasteiger partial charge is 0.226 e. The third-order valence-corrected chi connectivity index (χ3v) is 4.94. The van der Waals surface area contributed by atoms with Crippen molar-refractivity contribution in [1.82, 2.24) is 4.90 Å². The fourth-order valence-electron chi connectivity index (χ4n) is 3.52. The van der Waals surface area contributed by atoms with Crippen LogP contribution in [0, 0.1) is 17.7 Å². The van der Waals surface area contributed by atoms with Gasteiger partial charge < -0.3 is 10.6 Å². The lowest BCUT2D eigenvalue weighted by Gasteiger charge is -2.38. The van der Waals surface area contributed by atoms with Crippen LogP contribution in [0.25, 0.3) is 0 Å². The fraction of sp³-hybridized carbons (Fsp3) is 0.588. The third kappa shape index (κ3) is 2.95. The summed E-state index contributed by atoms with van der Waals surface area (Å²) >= 11 is 0. The minimum Gasteiger partial charge on any atom is -0.338 e. The Bertz CT molecular complexity index is 516. The molecule has 1 aromatic carbocycles. The van der Waals surface area contributed by atoms with Gasteiger partial charge in [0.1, 0.15) is 5.82 Å². The number of hydrogen-bond donors (Lipinski definition) is 1. The Labute approximate surface area is 125 Å². The molecule has 2 aliphatic rings. The molecule has 2 fully saturated rings. The van der Waals surface area contributed by atoms with Gasteiger partial charge in [-0.2, -0.15) is 0 Å². The molecular weight excluding hydrogens is 267 g/mol. The highest BCUT2D eigenvalue weighted by Crippen LogP contribution is 2.49. The van der Waals surface area contributed by atoms with Crippen LogP contribution in [-0.2, 0) is 4.79 Å². The van der Waals surface area contributed by atoms with Gasteiger partial charge in [-0.05, 0) is 48.8 Å². The summed E-state index contributed by atoms with van der Waals surface area (Å²) in [6.45, 7) is 3.60. The van der Waals surface area contributed by atoms with Crippen LogP contribution in [-0.4, -0.2) is 29.9 Å². The first-order valence-corrected chi connectivity index (χ1v) is 7.86. The lowest BCUT2D eigenvalue weighted by atomic mass is 9.92. The molecule has 4 unspecified atom stereocenters. The Morgan fingerprint density at radius 1 is 1.33 bits per heavy atom. The van der Waals surface area contributed by atoms with E-state index in [1.54, 1.807) is 12.1 Å². The Kier molecular flexibility index (Phi) is 3.98. The summed E-state index contributed by atoms with van der Waals surface area (Å²) in [7, 11) is 0. The van der Waals surface area contributed by atoms with E-state index in [1.165, 1.54) is 12.1 Å². The molecule has 3 rings (SSSR count). The molecule has 0 radical (unpaired) electrons. The molecule has 4 atom stereocenters. The Morgan fingerprint density at radius 3 is 2.71 bits per heavy atom. The zero-order valence-electron chi connectivity index (χ0n) is 12.5. The van der Waals surface area contributed by atoms with E-state index >= 15 is 0 Å². The van der Waals surface area contributed by atoms with Gasteiger partial charge in [0, 0.05) is 25.0 Å². The number of likely N-dealkylation sites (tertiary alicyclic amines) is 1. The number of nitrogens with two attached hydrogens (primary N) is 1. The Morgan fingerprint density at radius 2 is 2.05 bits per heavy atom. The van der Waals surface area contributed by atoms with Crippen LogP contribution in [0.4, 0.5) is 4.39 Å². The number of carbonyl (C=O) groups excluding carboxylic acids is 1. The van der Waals surface area contributed by atoms with Crippen molar-refractivity contribution in [3.63, 3.8) is 0 Å². The first kappa shape index (κ1) is 14.5. The number of hydrogen-bond acceptors (Lipinski definition) is 2. The van der Waals surface area contributed by atoms with Crippen molar-refractivity contribution < 1.29 is 9.18 Å². The number of piperidine rings is 1. The summed E-state index contributed by atoms with van der Waals surface area (Å²) in [5.41, 5.74) is 6.91. The summed E-state index contributed by atoms with van der Waals surface area (Å²) in [6.07, 6.45) is 2.96. The number of benzene rings is 1. The van der Waals surface area contributed by atoms with Crippen molar-refractivity contribution in [3.05, 3.63) is 35.6 Å². The highest BCUT2D eigenvalue weighted by atomic mass is 19.1. The number of amides is 1. The Balaban J connectivity index is 1.65. The van der Waals surface area contributed by atoms with Gasteiger partial charge in [-0.25, -0.2) is 4.39 Å². The molecule has 1 saturated heterocycles. The number of halogens is 1. The molecule has 114 valence electrons. The van der Waals surface area contributed by atoms with Gasteiger partial charge in [-0.15, -0.1) is 0 Å². The Hall–Kier alpha value is -1.42. The van der Waals surface area contributed by atoms with Crippen molar-refractivity contribution in [2.75, 3.05) is 13.1 Å². The average Bonchev–Trinajstić information content (AvgIpc) is 3.27. The van der Waals surface area contributed by atoms with Gasteiger partial charge in [0.2, 0.25) is 5.91 Å². The normalized spacial score (nSPS) is 32.0. The molecule has 0 aromatic heterocycles. The zero-order chi connectivity index (χ0) is 15.0. The van der Waals surface area contributed by atoms with Gasteiger partial charge >= 0.3 is 0 Å². The molecule has 1 aromatic rings. The summed E-state index contributed by atoms with van der Waals surface area (Å²) in [4.78, 5) is 14.7. The first-order valence-electron chi connectivity index (χ1n) is 7.86. The predicted octanol–water partition coefficient (Wildman–Crippen LogP) is 2.52. The molecule has 2 N–H and O–H groups in total. The second kappa shape index (κ2) is 5.76. The molecule has 1 aliphatic carbocycles. The van der Waals surface area contributed by atoms with Crippen LogP contribution in [0.5, 0.6) is 0 Å². The highest BCUT2D eigenvalue weighted by Gasteiger charge is 2.47. The molecule has 0 spiro atoms. The molecule has 1 aliphatic heterocycles. The standard InChI is InChI=1S/C17H23FN2O/c1-11-6-7-20(14(8-11)10-19)17(21)16-9-15(16)12-2-4-13(18)5-3-12/h2-5,11,14-16H,6-10,19H2,1H3. The van der Waals surface area contributed by atoms with E-state index in [1.807, 2.05) is 4.90 Å². The van der Waals surface area contributed by atoms with E-state index in [-0.39, 0.29) is 29.6 Å². The van der Waals surface area contributed by atoms with Crippen molar-refractivity contribution in [3.8, 4) is 0 Å². The summed E-state index contributed by atoms with van der Waals surface area (Å²) in [5.74, 6) is 0.991. The summed E-state index contributed by atoms with van der Waals surface area (Å²) < 4.78 is 13.0. The number of rotatable bonds is 3. The maximum absolute atomic E-state index is 13.0. The molecule has 4 heteroatoms. The fourth-order valence-corrected chi connectivity index (χ4v) is 3.52. The minimum atomic E-state index is -0.226. The lowest BCUT2D eigenvalue weighted by molar-refractivity contribution is -0.136. The maximum atomic E-state index is 13.0. The van der Waals surface area contributed by atoms with Gasteiger partial charge in [0.25, 0.3) is 0 Å². The first-order chi connectivity index (χ1) is 10.1. The molecular formula is C17H23FN2O. The second-order valence-electron chi connectivity index (χ2n) is 6.55. The van der Waals surface area contributed by atoms with Crippen LogP contribution in [0.3, 0.4) is 0 Å². The number of carbonyl (C=O) groups is 1. The van der Waals surface area contributed by atoms with Gasteiger partial charge in [0.15, 0.2) is 0 Å². The molecule has 1 amide bonds. The topological polar surface area (TPSA) is 46.3 Å². The highest BCUT2D eigenvalue weighted by molar-refractivity contribution is 5.83. The largest absolute Gasteiger partial charge is 0.338 e. The van der Waals surface area contributed by atoms with Crippen molar-refractivity contribution in [1.29, 1.82) is 0 Å². The van der Waals surface area contributed by atoms with Crippen molar-refractivity contribution in [2.24, 2.45) is 17.6 Å². The van der Waals surface area contributed by atoms with Crippen LogP contribution >= 0.6 is 0 Å². The van der Waals surface area contributed by atoms with E-state index in [9.17, 15) is 9.18 Å². The van der Waals surface area contributed by atoms with Crippen molar-refractivity contribution in [2.45, 2.75) is 38.1 Å². The molecule has 1 heterocycles. The van der Waals surface area contributed by atoms with Gasteiger partial charge in [-0.1, -0.05) is 19.1 Å².